The Morgan fingerprint density at radius 2 is 2.62 bits per heavy atom. The topological polar surface area (TPSA) is 65.5 Å². The summed E-state index contributed by atoms with van der Waals surface area (Å²) in [5, 5.41) is 14.3. The molecule has 0 spiro atoms. The van der Waals surface area contributed by atoms with Crippen LogP contribution in [-0.2, 0) is 4.79 Å². The number of aromatic nitrogens is 1. The Morgan fingerprint density at radius 1 is 1.75 bits per heavy atom. The lowest BCUT2D eigenvalue weighted by Crippen LogP contribution is -2.38. The molecule has 5 nitrogen and oxygen atoms in total. The van der Waals surface area contributed by atoms with Crippen LogP contribution in [0.1, 0.15) is 12.8 Å². The summed E-state index contributed by atoms with van der Waals surface area (Å²) >= 11 is 1.40. The molecule has 1 aliphatic heterocycles. The molecule has 16 heavy (non-hydrogen) atoms. The number of nitrogens with one attached hydrogen (secondary N) is 1. The van der Waals surface area contributed by atoms with E-state index in [9.17, 15) is 4.79 Å². The highest BCUT2D eigenvalue weighted by Crippen LogP contribution is 2.16. The molecule has 6 heteroatoms. The number of thiazole rings is 1. The molecule has 2 N–H and O–H groups in total. The molecule has 1 aliphatic rings. The zero-order chi connectivity index (χ0) is 11.4. The maximum Gasteiger partial charge on any atom is 0.240 e. The molecular formula is C10H15N3O2S. The third kappa shape index (κ3) is 2.78. The summed E-state index contributed by atoms with van der Waals surface area (Å²) in [6.07, 6.45) is 3.68. The molecule has 1 amide bonds. The second-order valence-corrected chi connectivity index (χ2v) is 4.73. The molecule has 1 saturated heterocycles. The van der Waals surface area contributed by atoms with Crippen LogP contribution in [0.5, 0.6) is 0 Å². The average molecular weight is 241 g/mol. The highest BCUT2D eigenvalue weighted by atomic mass is 32.1. The van der Waals surface area contributed by atoms with Gasteiger partial charge in [0.1, 0.15) is 0 Å². The minimum absolute atomic E-state index is 0.0599. The van der Waals surface area contributed by atoms with Crippen molar-refractivity contribution in [3.05, 3.63) is 11.6 Å². The van der Waals surface area contributed by atoms with Crippen molar-refractivity contribution in [2.45, 2.75) is 18.9 Å². The van der Waals surface area contributed by atoms with Gasteiger partial charge in [0.05, 0.1) is 13.2 Å². The van der Waals surface area contributed by atoms with Crippen LogP contribution < -0.4 is 5.32 Å². The standard InChI is InChI=1S/C10H15N3O2S/c14-7-8-2-1-4-13(8)6-9(15)12-10-11-3-5-16-10/h3,5,8,14H,1-2,4,6-7H2,(H,11,12,15)/t8-/m0/s1. The quantitative estimate of drug-likeness (QED) is 0.807. The summed E-state index contributed by atoms with van der Waals surface area (Å²) < 4.78 is 0. The Balaban J connectivity index is 1.83. The Hall–Kier alpha value is -0.980. The first-order valence-corrected chi connectivity index (χ1v) is 6.22. The van der Waals surface area contributed by atoms with Gasteiger partial charge < -0.3 is 10.4 Å². The molecular weight excluding hydrogens is 226 g/mol. The van der Waals surface area contributed by atoms with E-state index in [-0.39, 0.29) is 18.6 Å². The van der Waals surface area contributed by atoms with Gasteiger partial charge in [-0.2, -0.15) is 0 Å². The number of anilines is 1. The van der Waals surface area contributed by atoms with Gasteiger partial charge in [-0.3, -0.25) is 9.69 Å². The zero-order valence-corrected chi connectivity index (χ0v) is 9.74. The van der Waals surface area contributed by atoms with Crippen molar-refractivity contribution in [3.8, 4) is 0 Å². The summed E-state index contributed by atoms with van der Waals surface area (Å²) in [5.41, 5.74) is 0. The van der Waals surface area contributed by atoms with E-state index >= 15 is 0 Å². The number of rotatable bonds is 4. The van der Waals surface area contributed by atoms with E-state index in [2.05, 4.69) is 10.3 Å². The van der Waals surface area contributed by atoms with E-state index < -0.39 is 0 Å². The predicted octanol–water partition coefficient (Wildman–Crippen LogP) is 0.538. The number of aliphatic hydroxyl groups is 1. The first-order valence-electron chi connectivity index (χ1n) is 5.34. The molecule has 0 aliphatic carbocycles. The summed E-state index contributed by atoms with van der Waals surface area (Å²) in [5.74, 6) is -0.0599. The highest BCUT2D eigenvalue weighted by Gasteiger charge is 2.25. The van der Waals surface area contributed by atoms with Crippen LogP contribution in [0.2, 0.25) is 0 Å². The summed E-state index contributed by atoms with van der Waals surface area (Å²) in [4.78, 5) is 17.7. The molecule has 0 aromatic carbocycles. The number of carbonyl (C=O) groups excluding carboxylic acids is 1. The third-order valence-electron chi connectivity index (χ3n) is 2.74. The van der Waals surface area contributed by atoms with Crippen LogP contribution in [0.4, 0.5) is 5.13 Å². The van der Waals surface area contributed by atoms with Gasteiger partial charge in [0.2, 0.25) is 5.91 Å². The molecule has 1 aromatic heterocycles. The van der Waals surface area contributed by atoms with Crippen molar-refractivity contribution in [1.82, 2.24) is 9.88 Å². The fourth-order valence-corrected chi connectivity index (χ4v) is 2.48. The van der Waals surface area contributed by atoms with Crippen LogP contribution in [0.25, 0.3) is 0 Å². The number of hydrogen-bond acceptors (Lipinski definition) is 5. The molecule has 1 aromatic rings. The molecule has 0 saturated carbocycles. The molecule has 2 rings (SSSR count). The minimum atomic E-state index is -0.0599. The molecule has 0 unspecified atom stereocenters. The van der Waals surface area contributed by atoms with Gasteiger partial charge in [0, 0.05) is 17.6 Å². The van der Waals surface area contributed by atoms with Gasteiger partial charge in [-0.1, -0.05) is 0 Å². The molecule has 1 atom stereocenters. The van der Waals surface area contributed by atoms with Gasteiger partial charge in [0.25, 0.3) is 0 Å². The van der Waals surface area contributed by atoms with E-state index in [0.29, 0.717) is 11.7 Å². The number of hydrogen-bond donors (Lipinski definition) is 2. The van der Waals surface area contributed by atoms with Crippen molar-refractivity contribution in [2.24, 2.45) is 0 Å². The van der Waals surface area contributed by atoms with Gasteiger partial charge in [-0.15, -0.1) is 11.3 Å². The number of nitrogens with zero attached hydrogens (tertiary/aromatic N) is 2. The van der Waals surface area contributed by atoms with E-state index in [0.717, 1.165) is 19.4 Å². The van der Waals surface area contributed by atoms with E-state index in [1.54, 1.807) is 6.20 Å². The lowest BCUT2D eigenvalue weighted by molar-refractivity contribution is -0.117. The second-order valence-electron chi connectivity index (χ2n) is 3.83. The van der Waals surface area contributed by atoms with Crippen LogP contribution in [0, 0.1) is 0 Å². The number of likely N-dealkylation sites (tertiary alicyclic amines) is 1. The van der Waals surface area contributed by atoms with E-state index in [4.69, 9.17) is 5.11 Å². The largest absolute Gasteiger partial charge is 0.395 e. The number of carbonyl (C=O) groups is 1. The second kappa shape index (κ2) is 5.38. The van der Waals surface area contributed by atoms with Gasteiger partial charge >= 0.3 is 0 Å². The fraction of sp³-hybridized carbons (Fsp3) is 0.600. The normalized spacial score (nSPS) is 21.2. The van der Waals surface area contributed by atoms with Crippen molar-refractivity contribution in [2.75, 3.05) is 25.0 Å². The SMILES string of the molecule is O=C(CN1CCC[C@H]1CO)Nc1nccs1. The lowest BCUT2D eigenvalue weighted by Gasteiger charge is -2.21. The summed E-state index contributed by atoms with van der Waals surface area (Å²) in [6, 6.07) is 0.141. The third-order valence-corrected chi connectivity index (χ3v) is 3.42. The minimum Gasteiger partial charge on any atom is -0.395 e. The van der Waals surface area contributed by atoms with Crippen LogP contribution in [-0.4, -0.2) is 46.6 Å². The van der Waals surface area contributed by atoms with Crippen molar-refractivity contribution in [3.63, 3.8) is 0 Å². The van der Waals surface area contributed by atoms with Crippen molar-refractivity contribution in [1.29, 1.82) is 0 Å². The van der Waals surface area contributed by atoms with Crippen LogP contribution in [0.15, 0.2) is 11.6 Å². The van der Waals surface area contributed by atoms with Gasteiger partial charge in [-0.25, -0.2) is 4.98 Å². The first-order chi connectivity index (χ1) is 7.79. The Morgan fingerprint density at radius 3 is 3.31 bits per heavy atom. The summed E-state index contributed by atoms with van der Waals surface area (Å²) in [7, 11) is 0. The Bertz CT molecular complexity index is 342. The molecule has 0 bridgehead atoms. The van der Waals surface area contributed by atoms with Crippen molar-refractivity contribution >= 4 is 22.4 Å². The predicted molar refractivity (Wildman–Crippen MR) is 62.4 cm³/mol. The van der Waals surface area contributed by atoms with E-state index in [1.807, 2.05) is 10.3 Å². The zero-order valence-electron chi connectivity index (χ0n) is 8.93. The monoisotopic (exact) mass is 241 g/mol. The van der Waals surface area contributed by atoms with E-state index in [1.165, 1.54) is 11.3 Å². The molecule has 88 valence electrons. The molecule has 0 radical (unpaired) electrons. The number of aliphatic hydroxyl groups excluding tert-OH is 1. The smallest absolute Gasteiger partial charge is 0.240 e. The highest BCUT2D eigenvalue weighted by molar-refractivity contribution is 7.13. The van der Waals surface area contributed by atoms with Crippen LogP contribution >= 0.6 is 11.3 Å². The van der Waals surface area contributed by atoms with Crippen molar-refractivity contribution < 1.29 is 9.90 Å². The van der Waals surface area contributed by atoms with Gasteiger partial charge in [-0.05, 0) is 19.4 Å². The fourth-order valence-electron chi connectivity index (χ4n) is 1.94. The Kier molecular flexibility index (Phi) is 3.87. The van der Waals surface area contributed by atoms with Gasteiger partial charge in [0.15, 0.2) is 5.13 Å². The lowest BCUT2D eigenvalue weighted by atomic mass is 10.2. The maximum absolute atomic E-state index is 11.7. The molecule has 1 fully saturated rings. The summed E-state index contributed by atoms with van der Waals surface area (Å²) in [6.45, 7) is 1.35. The average Bonchev–Trinajstić information content (AvgIpc) is 2.88. The number of amides is 1. The Labute approximate surface area is 98.1 Å². The maximum atomic E-state index is 11.7. The van der Waals surface area contributed by atoms with Crippen LogP contribution in [0.3, 0.4) is 0 Å². The first kappa shape index (κ1) is 11.5. The molecule has 2 heterocycles.